The van der Waals surface area contributed by atoms with Crippen LogP contribution < -0.4 is 5.32 Å². The van der Waals surface area contributed by atoms with Crippen molar-refractivity contribution in [1.82, 2.24) is 19.5 Å². The van der Waals surface area contributed by atoms with Gasteiger partial charge in [0.05, 0.1) is 18.0 Å². The number of aliphatic hydroxyl groups excluding tert-OH is 3. The largest absolute Gasteiger partial charge is 0.394 e. The van der Waals surface area contributed by atoms with Crippen LogP contribution in [-0.2, 0) is 11.2 Å². The molecule has 29 heavy (non-hydrogen) atoms. The lowest BCUT2D eigenvalue weighted by molar-refractivity contribution is -0.0511. The smallest absolute Gasteiger partial charge is 0.167 e. The topological polar surface area (TPSA) is 126 Å². The summed E-state index contributed by atoms with van der Waals surface area (Å²) < 4.78 is 7.11. The number of hydrogen-bond donors (Lipinski definition) is 4. The molecule has 0 aliphatic carbocycles. The minimum atomic E-state index is -1.19. The number of hydrogen-bond acceptors (Lipinski definition) is 9. The predicted octanol–water partition coefficient (Wildman–Crippen LogP) is 1.59. The first kappa shape index (κ1) is 20.5. The number of aryl methyl sites for hydroxylation is 1. The molecule has 4 rings (SSSR count). The quantitative estimate of drug-likeness (QED) is 0.390. The molecule has 4 N–H and O–H groups in total. The lowest BCUT2D eigenvalue weighted by Crippen LogP contribution is -2.33. The molecule has 4 heterocycles. The van der Waals surface area contributed by atoms with Crippen LogP contribution in [0.3, 0.4) is 0 Å². The first-order valence-electron chi connectivity index (χ1n) is 9.36. The highest BCUT2D eigenvalue weighted by atomic mass is 35.5. The zero-order valence-corrected chi connectivity index (χ0v) is 17.1. The SMILES string of the molecule is OC[C@H]1O[C@@H](n2cnc3c(NCCCCc4sccc4Cl)ncnc32)[C@H](O)[C@@H]1O. The molecule has 4 atom stereocenters. The number of aromatic nitrogens is 4. The summed E-state index contributed by atoms with van der Waals surface area (Å²) in [5.41, 5.74) is 1.02. The summed E-state index contributed by atoms with van der Waals surface area (Å²) in [6.07, 6.45) is 1.66. The molecule has 1 aliphatic heterocycles. The van der Waals surface area contributed by atoms with Gasteiger partial charge < -0.3 is 25.4 Å². The highest BCUT2D eigenvalue weighted by molar-refractivity contribution is 7.10. The van der Waals surface area contributed by atoms with Gasteiger partial charge in [0.2, 0.25) is 0 Å². The summed E-state index contributed by atoms with van der Waals surface area (Å²) >= 11 is 7.79. The molecule has 0 bridgehead atoms. The molecule has 0 amide bonds. The number of halogens is 1. The summed E-state index contributed by atoms with van der Waals surface area (Å²) in [5, 5.41) is 35.6. The van der Waals surface area contributed by atoms with Crippen molar-refractivity contribution < 1.29 is 20.1 Å². The first-order chi connectivity index (χ1) is 14.1. The molecular weight excluding hydrogens is 418 g/mol. The predicted molar refractivity (Wildman–Crippen MR) is 109 cm³/mol. The molecule has 0 unspecified atom stereocenters. The van der Waals surface area contributed by atoms with Gasteiger partial charge in [-0.05, 0) is 30.7 Å². The van der Waals surface area contributed by atoms with Crippen LogP contribution in [0.25, 0.3) is 11.2 Å². The molecule has 9 nitrogen and oxygen atoms in total. The summed E-state index contributed by atoms with van der Waals surface area (Å²) in [7, 11) is 0. The van der Waals surface area contributed by atoms with Crippen LogP contribution in [0.5, 0.6) is 0 Å². The Kier molecular flexibility index (Phi) is 6.28. The summed E-state index contributed by atoms with van der Waals surface area (Å²) in [6.45, 7) is 0.329. The highest BCUT2D eigenvalue weighted by Crippen LogP contribution is 2.32. The third kappa shape index (κ3) is 4.09. The normalized spacial score (nSPS) is 24.4. The van der Waals surface area contributed by atoms with Crippen molar-refractivity contribution >= 4 is 39.9 Å². The number of nitrogens with zero attached hydrogens (tertiary/aromatic N) is 4. The average molecular weight is 440 g/mol. The maximum Gasteiger partial charge on any atom is 0.167 e. The molecule has 0 spiro atoms. The van der Waals surface area contributed by atoms with E-state index in [-0.39, 0.29) is 6.61 Å². The van der Waals surface area contributed by atoms with E-state index in [0.29, 0.717) is 17.0 Å². The Hall–Kier alpha value is -1.82. The molecule has 0 aromatic carbocycles. The first-order valence-corrected chi connectivity index (χ1v) is 10.6. The summed E-state index contributed by atoms with van der Waals surface area (Å²) in [4.78, 5) is 14.1. The van der Waals surface area contributed by atoms with Gasteiger partial charge in [0.15, 0.2) is 23.2 Å². The van der Waals surface area contributed by atoms with Crippen molar-refractivity contribution in [3.8, 4) is 0 Å². The Labute approximate surface area is 176 Å². The van der Waals surface area contributed by atoms with Crippen LogP contribution in [0, 0.1) is 0 Å². The second-order valence-corrected chi connectivity index (χ2v) is 8.26. The van der Waals surface area contributed by atoms with Crippen LogP contribution in [0.1, 0.15) is 23.9 Å². The van der Waals surface area contributed by atoms with E-state index in [0.717, 1.165) is 30.8 Å². The number of thiophene rings is 1. The second kappa shape index (κ2) is 8.90. The van der Waals surface area contributed by atoms with Gasteiger partial charge in [0.25, 0.3) is 0 Å². The van der Waals surface area contributed by atoms with E-state index >= 15 is 0 Å². The van der Waals surface area contributed by atoms with E-state index in [9.17, 15) is 15.3 Å². The Bertz CT molecular complexity index is 967. The molecule has 3 aromatic rings. The number of rotatable bonds is 8. The van der Waals surface area contributed by atoms with Crippen LogP contribution in [0.2, 0.25) is 5.02 Å². The molecule has 0 saturated carbocycles. The maximum atomic E-state index is 10.3. The van der Waals surface area contributed by atoms with Crippen LogP contribution in [0.15, 0.2) is 24.1 Å². The van der Waals surface area contributed by atoms with E-state index in [1.165, 1.54) is 17.5 Å². The Morgan fingerprint density at radius 1 is 1.21 bits per heavy atom. The highest BCUT2D eigenvalue weighted by Gasteiger charge is 2.44. The van der Waals surface area contributed by atoms with Crippen molar-refractivity contribution in [2.75, 3.05) is 18.5 Å². The van der Waals surface area contributed by atoms with Gasteiger partial charge in [-0.1, -0.05) is 11.6 Å². The van der Waals surface area contributed by atoms with Gasteiger partial charge >= 0.3 is 0 Å². The van der Waals surface area contributed by atoms with Crippen molar-refractivity contribution in [2.45, 2.75) is 43.8 Å². The van der Waals surface area contributed by atoms with Crippen LogP contribution in [0.4, 0.5) is 5.82 Å². The number of fused-ring (bicyclic) bond motifs is 1. The lowest BCUT2D eigenvalue weighted by atomic mass is 10.1. The number of imidazole rings is 1. The summed E-state index contributed by atoms with van der Waals surface area (Å²) in [5.74, 6) is 0.592. The fourth-order valence-electron chi connectivity index (χ4n) is 3.40. The van der Waals surface area contributed by atoms with Gasteiger partial charge in [0.1, 0.15) is 24.6 Å². The summed E-state index contributed by atoms with van der Waals surface area (Å²) in [6, 6.07) is 1.92. The Balaban J connectivity index is 1.40. The van der Waals surface area contributed by atoms with Gasteiger partial charge in [-0.15, -0.1) is 11.3 Å². The number of anilines is 1. The molecule has 156 valence electrons. The third-order valence-electron chi connectivity index (χ3n) is 4.96. The monoisotopic (exact) mass is 439 g/mol. The number of nitrogens with one attached hydrogen (secondary N) is 1. The van der Waals surface area contributed by atoms with Gasteiger partial charge in [-0.2, -0.15) is 0 Å². The van der Waals surface area contributed by atoms with E-state index in [4.69, 9.17) is 16.3 Å². The van der Waals surface area contributed by atoms with E-state index in [1.54, 1.807) is 15.9 Å². The number of ether oxygens (including phenoxy) is 1. The number of unbranched alkanes of at least 4 members (excludes halogenated alkanes) is 1. The standard InChI is InChI=1S/C18H22ClN5O4S/c19-10-4-6-29-12(10)3-1-2-5-20-16-13-17(22-8-21-16)24(9-23-13)18-15(27)14(26)11(7-25)28-18/h4,6,8-9,11,14-15,18,25-27H,1-3,5,7H2,(H,20,21,22)/t11-,14-,15-,18-/m1/s1. The zero-order valence-electron chi connectivity index (χ0n) is 15.5. The molecule has 1 fully saturated rings. The van der Waals surface area contributed by atoms with Crippen molar-refractivity contribution in [2.24, 2.45) is 0 Å². The van der Waals surface area contributed by atoms with E-state index in [1.807, 2.05) is 11.4 Å². The minimum Gasteiger partial charge on any atom is -0.394 e. The fraction of sp³-hybridized carbons (Fsp3) is 0.500. The van der Waals surface area contributed by atoms with Crippen LogP contribution >= 0.6 is 22.9 Å². The van der Waals surface area contributed by atoms with Crippen molar-refractivity contribution in [1.29, 1.82) is 0 Å². The van der Waals surface area contributed by atoms with Crippen LogP contribution in [-0.4, -0.2) is 66.3 Å². The van der Waals surface area contributed by atoms with Crippen molar-refractivity contribution in [3.05, 3.63) is 34.0 Å². The third-order valence-corrected chi connectivity index (χ3v) is 6.41. The zero-order chi connectivity index (χ0) is 20.4. The molecule has 11 heteroatoms. The van der Waals surface area contributed by atoms with E-state index < -0.39 is 24.5 Å². The Morgan fingerprint density at radius 2 is 2.07 bits per heavy atom. The van der Waals surface area contributed by atoms with Gasteiger partial charge in [-0.25, -0.2) is 15.0 Å². The van der Waals surface area contributed by atoms with Gasteiger partial charge in [0, 0.05) is 11.4 Å². The van der Waals surface area contributed by atoms with Crippen molar-refractivity contribution in [3.63, 3.8) is 0 Å². The molecule has 0 radical (unpaired) electrons. The van der Waals surface area contributed by atoms with Gasteiger partial charge in [-0.3, -0.25) is 4.57 Å². The lowest BCUT2D eigenvalue weighted by Gasteiger charge is -2.16. The maximum absolute atomic E-state index is 10.3. The molecule has 1 aliphatic rings. The molecule has 1 saturated heterocycles. The minimum absolute atomic E-state index is 0.389. The fourth-order valence-corrected chi connectivity index (χ4v) is 4.58. The Morgan fingerprint density at radius 3 is 2.79 bits per heavy atom. The van der Waals surface area contributed by atoms with E-state index in [2.05, 4.69) is 20.3 Å². The second-order valence-electron chi connectivity index (χ2n) is 6.85. The number of aliphatic hydroxyl groups is 3. The molecule has 3 aromatic heterocycles. The molecular formula is C18H22ClN5O4S. The average Bonchev–Trinajstić information content (AvgIpc) is 3.41.